The first-order chi connectivity index (χ1) is 50.3. The summed E-state index contributed by atoms with van der Waals surface area (Å²) >= 11 is 1.28. The Kier molecular flexibility index (Phi) is 23.5. The SMILES string of the molecule is CCOC(=O)N[C@@H]1CC[C@@H]2[C@H](CC3=C(N=NC3)[C@H]2/C=C/c2ccc(-c3cccc(F)c3)cn2)C1.CCOC(=O)N[C@@H]1CC[C@@H]2[C@H](Cc3ncccc3[C@H]2/C=C/c2ccc(-c3cccc(F)c3)cn2)C1.CCOC(=O)N[C@@H]1CC[C@@H]2[C@H](Cc3nsnc3[C@H]2/C=C/c2ccc(-c3cccc(F)c3)cn2)C1. The van der Waals surface area contributed by atoms with Gasteiger partial charge in [0.1, 0.15) is 17.5 Å². The molecule has 0 saturated heterocycles. The van der Waals surface area contributed by atoms with E-state index < -0.39 is 0 Å². The summed E-state index contributed by atoms with van der Waals surface area (Å²) in [5, 5.41) is 17.9. The van der Waals surface area contributed by atoms with E-state index in [1.807, 2.05) is 87.6 Å². The number of azo groups is 1. The minimum absolute atomic E-state index is 0.134. The summed E-state index contributed by atoms with van der Waals surface area (Å²) in [5.41, 5.74) is 14.7. The molecule has 3 N–H and O–H groups in total. The summed E-state index contributed by atoms with van der Waals surface area (Å²) in [6.07, 6.45) is 30.7. The lowest BCUT2D eigenvalue weighted by Crippen LogP contribution is -2.44. The van der Waals surface area contributed by atoms with E-state index >= 15 is 0 Å². The molecule has 3 saturated carbocycles. The van der Waals surface area contributed by atoms with Crippen molar-refractivity contribution in [1.82, 2.24) is 44.6 Å². The van der Waals surface area contributed by atoms with Crippen molar-refractivity contribution >= 4 is 48.2 Å². The van der Waals surface area contributed by atoms with Gasteiger partial charge >= 0.3 is 18.3 Å². The third-order valence-corrected chi connectivity index (χ3v) is 21.9. The molecule has 17 nitrogen and oxygen atoms in total. The molecular formula is C82H86F3N11O6S. The van der Waals surface area contributed by atoms with Crippen LogP contribution in [0.25, 0.3) is 51.6 Å². The molecule has 21 heteroatoms. The second kappa shape index (κ2) is 33.8. The Morgan fingerprint density at radius 3 is 1.37 bits per heavy atom. The Hall–Kier alpha value is -10.0. The van der Waals surface area contributed by atoms with Gasteiger partial charge in [-0.2, -0.15) is 19.0 Å². The van der Waals surface area contributed by atoms with Gasteiger partial charge in [-0.05, 0) is 240 Å². The lowest BCUT2D eigenvalue weighted by Gasteiger charge is -2.43. The maximum atomic E-state index is 13.6. The molecular weight excluding hydrogens is 1320 g/mol. The summed E-state index contributed by atoms with van der Waals surface area (Å²) in [6, 6.07) is 36.1. The zero-order chi connectivity index (χ0) is 71.2. The largest absolute Gasteiger partial charge is 0.450 e. The first-order valence-corrected chi connectivity index (χ1v) is 36.9. The average molecular weight is 1410 g/mol. The van der Waals surface area contributed by atoms with E-state index in [2.05, 4.69) is 92.4 Å². The molecule has 15 rings (SSSR count). The lowest BCUT2D eigenvalue weighted by atomic mass is 9.63. The quantitative estimate of drug-likeness (QED) is 0.0817. The van der Waals surface area contributed by atoms with Crippen molar-refractivity contribution in [3.8, 4) is 33.4 Å². The van der Waals surface area contributed by atoms with Crippen LogP contribution in [-0.2, 0) is 27.1 Å². The highest BCUT2D eigenvalue weighted by atomic mass is 32.1. The summed E-state index contributed by atoms with van der Waals surface area (Å²) < 4.78 is 65.1. The van der Waals surface area contributed by atoms with Crippen LogP contribution < -0.4 is 16.0 Å². The van der Waals surface area contributed by atoms with Gasteiger partial charge in [-0.1, -0.05) is 78.9 Å². The second-order valence-electron chi connectivity index (χ2n) is 27.6. The van der Waals surface area contributed by atoms with Crippen LogP contribution >= 0.6 is 11.7 Å². The Morgan fingerprint density at radius 2 is 0.913 bits per heavy atom. The topological polar surface area (TPSA) is 217 Å². The molecule has 0 bridgehead atoms. The number of allylic oxidation sites excluding steroid dienone is 3. The standard InChI is InChI=1S/C29H30FN3O2.C27H29FN4O2.C26H27FN4O2S/c1-2-35-29(34)33-24-11-12-25-21(16-24)17-28-27(7-4-14-31-28)26(25)13-10-23-9-8-20(18-32-23)19-5-3-6-22(30)15-19;1-2-34-27(33)31-23-9-10-24-19(14-23)12-20-16-30-32-26(20)25(24)11-8-22-7-6-18(15-29-22)17-4-3-5-21(28)13-17;1-2-33-26(32)29-21-9-10-22-18(13-21)14-24-25(31-34-30-24)23(22)11-8-20-7-6-17(15-28-20)16-4-3-5-19(27)12-16/h3-10,13-15,18,21,24-26H,2,11-12,16-17H2,1H3,(H,33,34);3-8,11,13,15,19,23-25H,2,9-10,12,14,16H2,1H3,(H,31,33);3-8,11-12,15,18,21-23H,2,9-10,13-14H2,1H3,(H,29,32)/b13-10+;2*11-8+/t21-,24+,25+,26-;19-,23-,24-,25+;18-,21+,22+,23-/m010/s1. The normalized spacial score (nSPS) is 24.3. The maximum absolute atomic E-state index is 13.6. The van der Waals surface area contributed by atoms with Crippen molar-refractivity contribution < 1.29 is 41.8 Å². The highest BCUT2D eigenvalue weighted by molar-refractivity contribution is 6.99. The van der Waals surface area contributed by atoms with Crippen LogP contribution in [0.5, 0.6) is 0 Å². The van der Waals surface area contributed by atoms with Gasteiger partial charge in [0.05, 0.1) is 72.3 Å². The predicted octanol–water partition coefficient (Wildman–Crippen LogP) is 18.0. The van der Waals surface area contributed by atoms with Gasteiger partial charge in [-0.25, -0.2) is 27.6 Å². The van der Waals surface area contributed by atoms with Gasteiger partial charge < -0.3 is 30.2 Å². The highest BCUT2D eigenvalue weighted by Gasteiger charge is 2.45. The first kappa shape index (κ1) is 71.4. The molecule has 6 aliphatic carbocycles. The van der Waals surface area contributed by atoms with Gasteiger partial charge in [0.25, 0.3) is 0 Å². The Bertz CT molecular complexity index is 4420. The summed E-state index contributed by atoms with van der Waals surface area (Å²) in [5.74, 6) is 2.68. The number of benzene rings is 3. The smallest absolute Gasteiger partial charge is 0.407 e. The average Bonchev–Trinajstić information content (AvgIpc) is 1.73. The van der Waals surface area contributed by atoms with Gasteiger partial charge in [0.2, 0.25) is 0 Å². The summed E-state index contributed by atoms with van der Waals surface area (Å²) in [7, 11) is 0. The maximum Gasteiger partial charge on any atom is 0.407 e. The van der Waals surface area contributed by atoms with Crippen LogP contribution in [0.1, 0.15) is 137 Å². The number of nitrogens with zero attached hydrogens (tertiary/aromatic N) is 8. The molecule has 3 amide bonds. The Labute approximate surface area is 603 Å². The van der Waals surface area contributed by atoms with Crippen LogP contribution in [0.15, 0.2) is 186 Å². The molecule has 0 spiro atoms. The van der Waals surface area contributed by atoms with Crippen molar-refractivity contribution in [2.45, 2.75) is 128 Å². The fourth-order valence-electron chi connectivity index (χ4n) is 16.5. The molecule has 6 heterocycles. The summed E-state index contributed by atoms with van der Waals surface area (Å²) in [4.78, 5) is 54.2. The molecule has 3 fully saturated rings. The fraction of sp³-hybridized carbons (Fsp3) is 0.378. The van der Waals surface area contributed by atoms with E-state index in [1.165, 1.54) is 59.3 Å². The number of pyridine rings is 4. The number of carbonyl (C=O) groups excluding carboxylic acids is 3. The molecule has 8 aromatic rings. The molecule has 5 aromatic heterocycles. The van der Waals surface area contributed by atoms with Crippen LogP contribution in [0.4, 0.5) is 27.6 Å². The van der Waals surface area contributed by atoms with Crippen molar-refractivity contribution in [2.24, 2.45) is 51.7 Å². The van der Waals surface area contributed by atoms with Crippen LogP contribution in [0, 0.1) is 58.9 Å². The van der Waals surface area contributed by atoms with E-state index in [1.54, 1.807) is 36.8 Å². The number of alkyl carbamates (subject to hydrolysis) is 3. The highest BCUT2D eigenvalue weighted by Crippen LogP contribution is 2.51. The lowest BCUT2D eigenvalue weighted by molar-refractivity contribution is 0.125. The second-order valence-corrected chi connectivity index (χ2v) is 28.2. The third kappa shape index (κ3) is 17.9. The van der Waals surface area contributed by atoms with E-state index in [0.717, 1.165) is 150 Å². The number of hydrogen-bond acceptors (Lipinski definition) is 15. The number of nitrogens with one attached hydrogen (secondary N) is 3. The number of halogens is 3. The van der Waals surface area contributed by atoms with E-state index in [-0.39, 0.29) is 71.6 Å². The van der Waals surface area contributed by atoms with Crippen molar-refractivity contribution in [3.05, 3.63) is 233 Å². The van der Waals surface area contributed by atoms with Crippen LogP contribution in [0.3, 0.4) is 0 Å². The molecule has 12 atom stereocenters. The van der Waals surface area contributed by atoms with Crippen molar-refractivity contribution in [2.75, 3.05) is 26.4 Å². The monoisotopic (exact) mass is 1410 g/mol. The molecule has 532 valence electrons. The minimum Gasteiger partial charge on any atom is -0.450 e. The number of carbonyl (C=O) groups is 3. The van der Waals surface area contributed by atoms with Gasteiger partial charge in [0.15, 0.2) is 0 Å². The summed E-state index contributed by atoms with van der Waals surface area (Å²) in [6.45, 7) is 7.28. The van der Waals surface area contributed by atoms with Crippen molar-refractivity contribution in [3.63, 3.8) is 0 Å². The van der Waals surface area contributed by atoms with Gasteiger partial charge in [-0.3, -0.25) is 19.9 Å². The first-order valence-electron chi connectivity index (χ1n) is 36.2. The molecule has 1 aliphatic heterocycles. The van der Waals surface area contributed by atoms with Crippen LogP contribution in [0.2, 0.25) is 0 Å². The third-order valence-electron chi connectivity index (χ3n) is 21.3. The van der Waals surface area contributed by atoms with Crippen molar-refractivity contribution in [1.29, 1.82) is 0 Å². The number of ether oxygens (including phenoxy) is 3. The molecule has 7 aliphatic rings. The Balaban J connectivity index is 0.000000138. The fourth-order valence-corrected chi connectivity index (χ4v) is 17.2. The molecule has 3 aromatic carbocycles. The predicted molar refractivity (Wildman–Crippen MR) is 392 cm³/mol. The number of amides is 3. The van der Waals surface area contributed by atoms with Gasteiger partial charge in [0, 0.05) is 83.1 Å². The van der Waals surface area contributed by atoms with E-state index in [9.17, 15) is 27.6 Å². The number of hydrogen-bond donors (Lipinski definition) is 3. The number of fused-ring (bicyclic) bond motifs is 5. The zero-order valence-corrected chi connectivity index (χ0v) is 58.9. The number of rotatable bonds is 15. The zero-order valence-electron chi connectivity index (χ0n) is 58.1. The van der Waals surface area contributed by atoms with Gasteiger partial charge in [-0.15, -0.1) is 0 Å². The minimum atomic E-state index is -0.331. The number of aromatic nitrogens is 6. The van der Waals surface area contributed by atoms with E-state index in [0.29, 0.717) is 61.9 Å². The molecule has 103 heavy (non-hydrogen) atoms. The Morgan fingerprint density at radius 1 is 0.476 bits per heavy atom. The molecule has 0 unspecified atom stereocenters. The molecule has 0 radical (unpaired) electrons. The van der Waals surface area contributed by atoms with E-state index in [4.69, 9.17) is 19.2 Å². The van der Waals surface area contributed by atoms with Crippen LogP contribution in [-0.4, -0.2) is 91.5 Å².